The van der Waals surface area contributed by atoms with E-state index in [4.69, 9.17) is 0 Å². The van der Waals surface area contributed by atoms with Crippen molar-refractivity contribution in [3.63, 3.8) is 0 Å². The molecule has 0 aromatic carbocycles. The summed E-state index contributed by atoms with van der Waals surface area (Å²) in [7, 11) is 0. The number of nitrogens with one attached hydrogen (secondary N) is 1. The Morgan fingerprint density at radius 1 is 1.03 bits per heavy atom. The van der Waals surface area contributed by atoms with Gasteiger partial charge in [-0.15, -0.1) is 0 Å². The van der Waals surface area contributed by atoms with Crippen molar-refractivity contribution in [1.82, 2.24) is 24.6 Å². The van der Waals surface area contributed by atoms with Gasteiger partial charge in [-0.3, -0.25) is 24.2 Å². The Kier molecular flexibility index (Phi) is 5.60. The Hall–Kier alpha value is -3.55. The smallest absolute Gasteiger partial charge is 0.257 e. The predicted molar refractivity (Wildman–Crippen MR) is 107 cm³/mol. The SMILES string of the molecule is O=C(Nc1cnn(C[C@H]2CCCCN2C(=O)c2cccnc2)c1)c1cccnc1. The zero-order valence-electron chi connectivity index (χ0n) is 15.9. The molecule has 0 aliphatic carbocycles. The van der Waals surface area contributed by atoms with Crippen molar-refractivity contribution < 1.29 is 9.59 Å². The van der Waals surface area contributed by atoms with Gasteiger partial charge < -0.3 is 10.2 Å². The first kappa shape index (κ1) is 18.8. The first-order chi connectivity index (χ1) is 14.2. The van der Waals surface area contributed by atoms with Crippen LogP contribution in [0.25, 0.3) is 0 Å². The lowest BCUT2D eigenvalue weighted by molar-refractivity contribution is 0.0583. The number of rotatable bonds is 5. The van der Waals surface area contributed by atoms with Gasteiger partial charge in [-0.2, -0.15) is 5.10 Å². The van der Waals surface area contributed by atoms with Crippen LogP contribution in [0.5, 0.6) is 0 Å². The summed E-state index contributed by atoms with van der Waals surface area (Å²) in [5.41, 5.74) is 1.70. The summed E-state index contributed by atoms with van der Waals surface area (Å²) in [5, 5.41) is 7.18. The van der Waals surface area contributed by atoms with Crippen molar-refractivity contribution in [2.24, 2.45) is 0 Å². The highest BCUT2D eigenvalue weighted by Gasteiger charge is 2.28. The number of amides is 2. The number of aromatic nitrogens is 4. The van der Waals surface area contributed by atoms with Crippen LogP contribution in [-0.4, -0.2) is 49.0 Å². The minimum absolute atomic E-state index is 0.0000555. The molecule has 0 saturated carbocycles. The number of piperidine rings is 1. The molecule has 1 atom stereocenters. The number of anilines is 1. The largest absolute Gasteiger partial charge is 0.334 e. The van der Waals surface area contributed by atoms with E-state index in [-0.39, 0.29) is 17.9 Å². The molecule has 0 radical (unpaired) electrons. The Morgan fingerprint density at radius 3 is 2.52 bits per heavy atom. The van der Waals surface area contributed by atoms with Gasteiger partial charge >= 0.3 is 0 Å². The van der Waals surface area contributed by atoms with Gasteiger partial charge in [-0.1, -0.05) is 0 Å². The van der Waals surface area contributed by atoms with Gasteiger partial charge in [-0.25, -0.2) is 0 Å². The van der Waals surface area contributed by atoms with E-state index in [1.165, 1.54) is 6.20 Å². The van der Waals surface area contributed by atoms with Crippen LogP contribution in [0.15, 0.2) is 61.4 Å². The molecule has 2 amide bonds. The number of carbonyl (C=O) groups is 2. The van der Waals surface area contributed by atoms with Crippen LogP contribution in [0.2, 0.25) is 0 Å². The van der Waals surface area contributed by atoms with Crippen molar-refractivity contribution in [2.45, 2.75) is 31.8 Å². The zero-order valence-corrected chi connectivity index (χ0v) is 15.9. The molecule has 1 aliphatic rings. The van der Waals surface area contributed by atoms with E-state index in [2.05, 4.69) is 20.4 Å². The highest BCUT2D eigenvalue weighted by atomic mass is 16.2. The second-order valence-electron chi connectivity index (χ2n) is 7.04. The standard InChI is InChI=1S/C21H22N6O2/c28-20(16-5-3-8-22-11-16)25-18-13-24-26(14-18)15-19-7-1-2-10-27(19)21(29)17-6-4-9-23-12-17/h3-6,8-9,11-14,19H,1-2,7,10,15H2,(H,25,28)/t19-/m1/s1. The van der Waals surface area contributed by atoms with Crippen molar-refractivity contribution in [3.8, 4) is 0 Å². The third-order valence-electron chi connectivity index (χ3n) is 5.01. The van der Waals surface area contributed by atoms with Gasteiger partial charge in [0.1, 0.15) is 0 Å². The van der Waals surface area contributed by atoms with E-state index in [1.807, 2.05) is 4.90 Å². The van der Waals surface area contributed by atoms with Crippen LogP contribution in [-0.2, 0) is 6.54 Å². The van der Waals surface area contributed by atoms with Crippen molar-refractivity contribution >= 4 is 17.5 Å². The van der Waals surface area contributed by atoms with Crippen LogP contribution in [0.3, 0.4) is 0 Å². The quantitative estimate of drug-likeness (QED) is 0.723. The van der Waals surface area contributed by atoms with Gasteiger partial charge in [0.15, 0.2) is 0 Å². The third-order valence-corrected chi connectivity index (χ3v) is 5.01. The van der Waals surface area contributed by atoms with E-state index in [1.54, 1.807) is 59.9 Å². The Bertz CT molecular complexity index is 973. The number of hydrogen-bond acceptors (Lipinski definition) is 5. The summed E-state index contributed by atoms with van der Waals surface area (Å²) in [6.45, 7) is 1.30. The summed E-state index contributed by atoms with van der Waals surface area (Å²) >= 11 is 0. The molecule has 4 heterocycles. The normalized spacial score (nSPS) is 16.4. The molecule has 0 spiro atoms. The maximum Gasteiger partial charge on any atom is 0.257 e. The lowest BCUT2D eigenvalue weighted by atomic mass is 10.0. The van der Waals surface area contributed by atoms with Crippen LogP contribution in [0.4, 0.5) is 5.69 Å². The molecule has 29 heavy (non-hydrogen) atoms. The lowest BCUT2D eigenvalue weighted by Crippen LogP contribution is -2.46. The summed E-state index contributed by atoms with van der Waals surface area (Å²) in [6.07, 6.45) is 12.8. The van der Waals surface area contributed by atoms with E-state index in [0.29, 0.717) is 23.4 Å². The number of pyridine rings is 2. The molecule has 3 aromatic rings. The molecule has 1 N–H and O–H groups in total. The fourth-order valence-electron chi connectivity index (χ4n) is 3.56. The van der Waals surface area contributed by atoms with Gasteiger partial charge in [0.05, 0.1) is 35.6 Å². The van der Waals surface area contributed by atoms with Gasteiger partial charge in [0, 0.05) is 37.5 Å². The number of hydrogen-bond donors (Lipinski definition) is 1. The molecular formula is C21H22N6O2. The Morgan fingerprint density at radius 2 is 1.79 bits per heavy atom. The molecule has 1 aliphatic heterocycles. The molecule has 1 fully saturated rings. The summed E-state index contributed by atoms with van der Waals surface area (Å²) < 4.78 is 1.78. The van der Waals surface area contributed by atoms with Crippen LogP contribution >= 0.6 is 0 Å². The minimum Gasteiger partial charge on any atom is -0.334 e. The maximum absolute atomic E-state index is 12.9. The first-order valence-electron chi connectivity index (χ1n) is 9.65. The molecule has 8 heteroatoms. The highest BCUT2D eigenvalue weighted by Crippen LogP contribution is 2.21. The number of nitrogens with zero attached hydrogens (tertiary/aromatic N) is 5. The second kappa shape index (κ2) is 8.64. The minimum atomic E-state index is -0.233. The Labute approximate surface area is 168 Å². The molecule has 0 unspecified atom stereocenters. The highest BCUT2D eigenvalue weighted by molar-refractivity contribution is 6.03. The average molecular weight is 390 g/mol. The fraction of sp³-hybridized carbons (Fsp3) is 0.286. The molecule has 4 rings (SSSR count). The van der Waals surface area contributed by atoms with Gasteiger partial charge in [0.25, 0.3) is 11.8 Å². The third kappa shape index (κ3) is 4.48. The first-order valence-corrected chi connectivity index (χ1v) is 9.65. The topological polar surface area (TPSA) is 93.0 Å². The van der Waals surface area contributed by atoms with Gasteiger partial charge in [-0.05, 0) is 43.5 Å². The van der Waals surface area contributed by atoms with Crippen molar-refractivity contribution in [1.29, 1.82) is 0 Å². The lowest BCUT2D eigenvalue weighted by Gasteiger charge is -2.35. The molecule has 1 saturated heterocycles. The van der Waals surface area contributed by atoms with Gasteiger partial charge in [0.2, 0.25) is 0 Å². The van der Waals surface area contributed by atoms with E-state index < -0.39 is 0 Å². The summed E-state index contributed by atoms with van der Waals surface area (Å²) in [5.74, 6) is -0.233. The molecule has 0 bridgehead atoms. The van der Waals surface area contributed by atoms with E-state index >= 15 is 0 Å². The maximum atomic E-state index is 12.9. The van der Waals surface area contributed by atoms with Crippen LogP contribution < -0.4 is 5.32 Å². The zero-order chi connectivity index (χ0) is 20.1. The van der Waals surface area contributed by atoms with E-state index in [0.717, 1.165) is 25.8 Å². The molecular weight excluding hydrogens is 368 g/mol. The fourth-order valence-corrected chi connectivity index (χ4v) is 3.56. The van der Waals surface area contributed by atoms with Crippen LogP contribution in [0.1, 0.15) is 40.0 Å². The monoisotopic (exact) mass is 390 g/mol. The Balaban J connectivity index is 1.43. The molecule has 8 nitrogen and oxygen atoms in total. The van der Waals surface area contributed by atoms with E-state index in [9.17, 15) is 9.59 Å². The summed E-state index contributed by atoms with van der Waals surface area (Å²) in [6, 6.07) is 7.04. The number of carbonyl (C=O) groups excluding carboxylic acids is 2. The summed E-state index contributed by atoms with van der Waals surface area (Å²) in [4.78, 5) is 35.1. The number of likely N-dealkylation sites (tertiary alicyclic amines) is 1. The predicted octanol–water partition coefficient (Wildman–Crippen LogP) is 2.62. The van der Waals surface area contributed by atoms with Crippen LogP contribution in [0, 0.1) is 0 Å². The van der Waals surface area contributed by atoms with Crippen molar-refractivity contribution in [3.05, 3.63) is 72.6 Å². The molecule has 148 valence electrons. The average Bonchev–Trinajstić information content (AvgIpc) is 3.21. The molecule has 3 aromatic heterocycles. The second-order valence-corrected chi connectivity index (χ2v) is 7.04. The van der Waals surface area contributed by atoms with Crippen molar-refractivity contribution in [2.75, 3.05) is 11.9 Å².